The molecule has 4 fully saturated rings. The lowest BCUT2D eigenvalue weighted by Gasteiger charge is -2.59. The minimum absolute atomic E-state index is 0.00590. The molecule has 1 heterocycles. The van der Waals surface area contributed by atoms with Crippen LogP contribution in [0.2, 0.25) is 0 Å². The predicted octanol–water partition coefficient (Wildman–Crippen LogP) is 3.49. The fraction of sp³-hybridized carbons (Fsp3) is 0.704. The SMILES string of the molecule is CC(=O)NC(C)(C)C=Cn1ncc(C(=O)NC2C3CC4CC2CC(COC(N)=O)(C4)C3)c1CC(C)C. The van der Waals surface area contributed by atoms with Gasteiger partial charge in [0.05, 0.1) is 29.6 Å². The summed E-state index contributed by atoms with van der Waals surface area (Å²) in [5.41, 5.74) is 6.19. The van der Waals surface area contributed by atoms with Gasteiger partial charge in [0.25, 0.3) is 5.91 Å². The van der Waals surface area contributed by atoms with E-state index in [2.05, 4.69) is 29.6 Å². The number of aromatic nitrogens is 2. The molecule has 5 rings (SSSR count). The molecule has 3 amide bonds. The zero-order chi connectivity index (χ0) is 26.3. The molecule has 36 heavy (non-hydrogen) atoms. The van der Waals surface area contributed by atoms with Crippen LogP contribution in [0.4, 0.5) is 4.79 Å². The van der Waals surface area contributed by atoms with Gasteiger partial charge >= 0.3 is 6.09 Å². The van der Waals surface area contributed by atoms with Crippen LogP contribution in [0.15, 0.2) is 12.3 Å². The molecule has 9 nitrogen and oxygen atoms in total. The van der Waals surface area contributed by atoms with E-state index in [-0.39, 0.29) is 23.3 Å². The van der Waals surface area contributed by atoms with Gasteiger partial charge in [0.15, 0.2) is 0 Å². The first-order valence-electron chi connectivity index (χ1n) is 13.1. The van der Waals surface area contributed by atoms with Gasteiger partial charge < -0.3 is 21.1 Å². The van der Waals surface area contributed by atoms with E-state index in [0.717, 1.165) is 37.8 Å². The Morgan fingerprint density at radius 2 is 1.92 bits per heavy atom. The van der Waals surface area contributed by atoms with Crippen molar-refractivity contribution in [3.8, 4) is 0 Å². The average Bonchev–Trinajstić information content (AvgIpc) is 3.14. The molecule has 0 aromatic carbocycles. The van der Waals surface area contributed by atoms with E-state index in [1.165, 1.54) is 6.92 Å². The first-order valence-corrected chi connectivity index (χ1v) is 13.1. The van der Waals surface area contributed by atoms with Gasteiger partial charge in [0, 0.05) is 24.6 Å². The summed E-state index contributed by atoms with van der Waals surface area (Å²) in [7, 11) is 0. The smallest absolute Gasteiger partial charge is 0.404 e. The van der Waals surface area contributed by atoms with Gasteiger partial charge in [-0.1, -0.05) is 13.8 Å². The van der Waals surface area contributed by atoms with Crippen LogP contribution < -0.4 is 16.4 Å². The molecule has 0 aliphatic heterocycles. The van der Waals surface area contributed by atoms with Crippen LogP contribution in [-0.4, -0.2) is 45.9 Å². The maximum absolute atomic E-state index is 13.6. The Bertz CT molecular complexity index is 1030. The van der Waals surface area contributed by atoms with Gasteiger partial charge in [0.2, 0.25) is 5.91 Å². The van der Waals surface area contributed by atoms with Crippen molar-refractivity contribution in [3.05, 3.63) is 23.5 Å². The second kappa shape index (κ2) is 9.90. The number of ether oxygens (including phenoxy) is 1. The summed E-state index contributed by atoms with van der Waals surface area (Å²) in [5.74, 6) is 1.56. The Morgan fingerprint density at radius 1 is 1.25 bits per heavy atom. The molecule has 0 saturated heterocycles. The molecular formula is C27H41N5O4. The Balaban J connectivity index is 1.50. The van der Waals surface area contributed by atoms with Crippen LogP contribution in [0.3, 0.4) is 0 Å². The Kier molecular flexibility index (Phi) is 7.21. The largest absolute Gasteiger partial charge is 0.449 e. The van der Waals surface area contributed by atoms with Gasteiger partial charge in [-0.2, -0.15) is 5.10 Å². The monoisotopic (exact) mass is 499 g/mol. The quantitative estimate of drug-likeness (QED) is 0.479. The molecule has 1 aromatic rings. The fourth-order valence-corrected chi connectivity index (χ4v) is 7.11. The van der Waals surface area contributed by atoms with Gasteiger partial charge in [-0.3, -0.25) is 9.59 Å². The summed E-state index contributed by atoms with van der Waals surface area (Å²) in [6.07, 6.45) is 10.6. The second-order valence-corrected chi connectivity index (χ2v) is 12.3. The molecule has 9 heteroatoms. The number of nitrogens with one attached hydrogen (secondary N) is 2. The highest BCUT2D eigenvalue weighted by Crippen LogP contribution is 2.60. The molecule has 0 spiro atoms. The highest BCUT2D eigenvalue weighted by atomic mass is 16.5. The molecule has 198 valence electrons. The van der Waals surface area contributed by atoms with Crippen molar-refractivity contribution in [3.63, 3.8) is 0 Å². The highest BCUT2D eigenvalue weighted by Gasteiger charge is 2.56. The summed E-state index contributed by atoms with van der Waals surface area (Å²) in [6.45, 7) is 9.95. The van der Waals surface area contributed by atoms with Crippen molar-refractivity contribution < 1.29 is 19.1 Å². The first-order chi connectivity index (χ1) is 16.9. The molecule has 4 aliphatic rings. The number of nitrogens with two attached hydrogens (primary N) is 1. The highest BCUT2D eigenvalue weighted by molar-refractivity contribution is 5.95. The molecule has 0 radical (unpaired) electrons. The number of carbonyl (C=O) groups excluding carboxylic acids is 3. The van der Waals surface area contributed by atoms with E-state index < -0.39 is 11.6 Å². The number of rotatable bonds is 9. The van der Waals surface area contributed by atoms with Crippen molar-refractivity contribution in [2.45, 2.75) is 84.7 Å². The van der Waals surface area contributed by atoms with Crippen LogP contribution in [0.1, 0.15) is 82.8 Å². The number of hydrogen-bond acceptors (Lipinski definition) is 5. The maximum atomic E-state index is 13.6. The molecule has 4 bridgehead atoms. The van der Waals surface area contributed by atoms with E-state index in [9.17, 15) is 14.4 Å². The van der Waals surface area contributed by atoms with Crippen LogP contribution >= 0.6 is 0 Å². The van der Waals surface area contributed by atoms with Gasteiger partial charge in [-0.15, -0.1) is 0 Å². The third kappa shape index (κ3) is 5.76. The summed E-state index contributed by atoms with van der Waals surface area (Å²) in [4.78, 5) is 36.3. The number of carbonyl (C=O) groups is 3. The zero-order valence-corrected chi connectivity index (χ0v) is 22.2. The number of amides is 3. The minimum Gasteiger partial charge on any atom is -0.449 e. The van der Waals surface area contributed by atoms with Crippen molar-refractivity contribution >= 4 is 24.1 Å². The van der Waals surface area contributed by atoms with Crippen molar-refractivity contribution in [2.24, 2.45) is 34.8 Å². The Labute approximate surface area is 213 Å². The first kappa shape index (κ1) is 26.2. The average molecular weight is 500 g/mol. The number of primary amides is 1. The standard InChI is InChI=1S/C27H41N5O4/c1-16(2)8-22-21(14-29-32(22)7-6-26(4,5)31-17(3)33)24(34)30-23-19-9-18-10-20(23)13-27(11-18,12-19)15-36-25(28)35/h6-7,14,16,18-20,23H,8-13,15H2,1-5H3,(H2,28,35)(H,30,34)(H,31,33). The summed E-state index contributed by atoms with van der Waals surface area (Å²) < 4.78 is 7.00. The van der Waals surface area contributed by atoms with Crippen LogP contribution in [0.25, 0.3) is 6.20 Å². The third-order valence-corrected chi connectivity index (χ3v) is 8.09. The fourth-order valence-electron chi connectivity index (χ4n) is 7.11. The number of hydrogen-bond donors (Lipinski definition) is 3. The second-order valence-electron chi connectivity index (χ2n) is 12.3. The molecule has 2 unspecified atom stereocenters. The lowest BCUT2D eigenvalue weighted by atomic mass is 9.48. The molecular weight excluding hydrogens is 458 g/mol. The van der Waals surface area contributed by atoms with Crippen molar-refractivity contribution in [1.29, 1.82) is 0 Å². The van der Waals surface area contributed by atoms with Gasteiger partial charge in [0.1, 0.15) is 0 Å². The lowest BCUT2D eigenvalue weighted by Crippen LogP contribution is -2.60. The molecule has 1 aromatic heterocycles. The topological polar surface area (TPSA) is 128 Å². The van der Waals surface area contributed by atoms with Gasteiger partial charge in [-0.25, -0.2) is 9.48 Å². The molecule has 4 N–H and O–H groups in total. The Hall–Kier alpha value is -2.84. The third-order valence-electron chi connectivity index (χ3n) is 8.09. The number of nitrogens with zero attached hydrogens (tertiary/aromatic N) is 2. The van der Waals surface area contributed by atoms with E-state index in [0.29, 0.717) is 42.3 Å². The van der Waals surface area contributed by atoms with Crippen molar-refractivity contribution in [1.82, 2.24) is 20.4 Å². The minimum atomic E-state index is -0.709. The van der Waals surface area contributed by atoms with E-state index in [1.54, 1.807) is 10.9 Å². The lowest BCUT2D eigenvalue weighted by molar-refractivity contribution is -0.120. The summed E-state index contributed by atoms with van der Waals surface area (Å²) >= 11 is 0. The maximum Gasteiger partial charge on any atom is 0.404 e. The van der Waals surface area contributed by atoms with Gasteiger partial charge in [-0.05, 0) is 82.1 Å². The van der Waals surface area contributed by atoms with E-state index in [4.69, 9.17) is 10.5 Å². The van der Waals surface area contributed by atoms with Crippen LogP contribution in [0, 0.1) is 29.1 Å². The normalized spacial score (nSPS) is 29.1. The molecule has 4 aliphatic carbocycles. The Morgan fingerprint density at radius 3 is 2.50 bits per heavy atom. The molecule has 4 saturated carbocycles. The van der Waals surface area contributed by atoms with Crippen LogP contribution in [0.5, 0.6) is 0 Å². The van der Waals surface area contributed by atoms with Crippen LogP contribution in [-0.2, 0) is 16.0 Å². The zero-order valence-electron chi connectivity index (χ0n) is 22.2. The predicted molar refractivity (Wildman–Crippen MR) is 137 cm³/mol. The van der Waals surface area contributed by atoms with Crippen molar-refractivity contribution in [2.75, 3.05) is 6.61 Å². The molecule has 2 atom stereocenters. The summed E-state index contributed by atoms with van der Waals surface area (Å²) in [6, 6.07) is 0.125. The van der Waals surface area contributed by atoms with E-state index in [1.807, 2.05) is 26.1 Å². The van der Waals surface area contributed by atoms with E-state index >= 15 is 0 Å². The summed E-state index contributed by atoms with van der Waals surface area (Å²) in [5, 5.41) is 10.8.